The zero-order chi connectivity index (χ0) is 17.1. The van der Waals surface area contributed by atoms with Crippen LogP contribution < -0.4 is 20.1 Å². The number of ether oxygens (including phenoxy) is 2. The van der Waals surface area contributed by atoms with Crippen molar-refractivity contribution in [1.82, 2.24) is 20.4 Å². The van der Waals surface area contributed by atoms with Crippen LogP contribution in [-0.4, -0.2) is 42.0 Å². The minimum atomic E-state index is -0.622. The number of rotatable bonds is 4. The van der Waals surface area contributed by atoms with Crippen LogP contribution in [0.1, 0.15) is 18.4 Å². The number of hydrogen-bond acceptors (Lipinski definition) is 5. The first-order chi connectivity index (χ1) is 12.3. The summed E-state index contributed by atoms with van der Waals surface area (Å²) in [5.74, 6) is 1.50. The van der Waals surface area contributed by atoms with E-state index in [0.717, 1.165) is 43.0 Å². The molecular formula is C18H23ClN4O3. The summed E-state index contributed by atoms with van der Waals surface area (Å²) >= 11 is 0. The standard InChI is InChI=1S/C18H22N4O3.ClH/c23-17(18(4-7-19-8-5-18)22-9-1-6-21-22)20-13-14-2-3-15-16(12-14)25-11-10-24-15;/h1-3,6,9,12,19H,4-5,7-8,10-11,13H2,(H,20,23);1H. The minimum absolute atomic E-state index is 0. The van der Waals surface area contributed by atoms with E-state index in [2.05, 4.69) is 15.7 Å². The van der Waals surface area contributed by atoms with Crippen LogP contribution in [0.15, 0.2) is 36.7 Å². The Morgan fingerprint density at radius 1 is 1.23 bits per heavy atom. The number of carbonyl (C=O) groups excluding carboxylic acids is 1. The lowest BCUT2D eigenvalue weighted by atomic mass is 9.87. The fraction of sp³-hybridized carbons (Fsp3) is 0.444. The minimum Gasteiger partial charge on any atom is -0.486 e. The summed E-state index contributed by atoms with van der Waals surface area (Å²) in [6.45, 7) is 3.18. The second-order valence-corrected chi connectivity index (χ2v) is 6.39. The Bertz CT molecular complexity index is 745. The molecule has 8 heteroatoms. The average molecular weight is 379 g/mol. The van der Waals surface area contributed by atoms with E-state index in [-0.39, 0.29) is 18.3 Å². The van der Waals surface area contributed by atoms with Crippen LogP contribution in [0.2, 0.25) is 0 Å². The van der Waals surface area contributed by atoms with Crippen molar-refractivity contribution in [3.05, 3.63) is 42.2 Å². The number of nitrogens with zero attached hydrogens (tertiary/aromatic N) is 2. The molecule has 2 aliphatic heterocycles. The van der Waals surface area contributed by atoms with Gasteiger partial charge in [0, 0.05) is 18.9 Å². The molecular weight excluding hydrogens is 356 g/mol. The Kier molecular flexibility index (Phi) is 5.68. The maximum atomic E-state index is 13.0. The van der Waals surface area contributed by atoms with Crippen molar-refractivity contribution in [2.24, 2.45) is 0 Å². The third-order valence-corrected chi connectivity index (χ3v) is 4.86. The predicted octanol–water partition coefficient (Wildman–Crippen LogP) is 1.47. The fourth-order valence-electron chi connectivity index (χ4n) is 3.47. The number of amides is 1. The molecule has 2 N–H and O–H groups in total. The first-order valence-electron chi connectivity index (χ1n) is 8.66. The molecule has 0 bridgehead atoms. The maximum absolute atomic E-state index is 13.0. The van der Waals surface area contributed by atoms with Gasteiger partial charge in [0.1, 0.15) is 18.8 Å². The Balaban J connectivity index is 0.00000196. The second-order valence-electron chi connectivity index (χ2n) is 6.39. The maximum Gasteiger partial charge on any atom is 0.248 e. The molecule has 1 aromatic carbocycles. The van der Waals surface area contributed by atoms with Crippen LogP contribution >= 0.6 is 12.4 Å². The lowest BCUT2D eigenvalue weighted by Gasteiger charge is -2.36. The van der Waals surface area contributed by atoms with Crippen LogP contribution in [0.25, 0.3) is 0 Å². The van der Waals surface area contributed by atoms with Gasteiger partial charge in [-0.1, -0.05) is 6.07 Å². The van der Waals surface area contributed by atoms with Gasteiger partial charge in [-0.15, -0.1) is 12.4 Å². The van der Waals surface area contributed by atoms with Crippen LogP contribution in [0.5, 0.6) is 11.5 Å². The van der Waals surface area contributed by atoms with Crippen LogP contribution in [0, 0.1) is 0 Å². The van der Waals surface area contributed by atoms with E-state index >= 15 is 0 Å². The Labute approximate surface area is 158 Å². The van der Waals surface area contributed by atoms with Gasteiger partial charge in [0.05, 0.1) is 0 Å². The topological polar surface area (TPSA) is 77.4 Å². The largest absolute Gasteiger partial charge is 0.486 e. The number of halogens is 1. The zero-order valence-corrected chi connectivity index (χ0v) is 15.3. The van der Waals surface area contributed by atoms with Crippen molar-refractivity contribution in [1.29, 1.82) is 0 Å². The van der Waals surface area contributed by atoms with E-state index < -0.39 is 5.54 Å². The molecule has 0 aliphatic carbocycles. The monoisotopic (exact) mass is 378 g/mol. The quantitative estimate of drug-likeness (QED) is 0.842. The second kappa shape index (κ2) is 7.97. The molecule has 1 aromatic heterocycles. The number of carbonyl (C=O) groups is 1. The molecule has 0 unspecified atom stereocenters. The van der Waals surface area contributed by atoms with Gasteiger partial charge in [-0.3, -0.25) is 9.48 Å². The molecule has 26 heavy (non-hydrogen) atoms. The number of aromatic nitrogens is 2. The van der Waals surface area contributed by atoms with Crippen molar-refractivity contribution in [3.8, 4) is 11.5 Å². The van der Waals surface area contributed by atoms with Gasteiger partial charge in [-0.2, -0.15) is 5.10 Å². The van der Waals surface area contributed by atoms with Gasteiger partial charge < -0.3 is 20.1 Å². The van der Waals surface area contributed by atoms with E-state index in [1.165, 1.54) is 0 Å². The van der Waals surface area contributed by atoms with Gasteiger partial charge in [0.15, 0.2) is 11.5 Å². The fourth-order valence-corrected chi connectivity index (χ4v) is 3.47. The van der Waals surface area contributed by atoms with E-state index in [9.17, 15) is 4.79 Å². The van der Waals surface area contributed by atoms with Crippen LogP contribution in [0.4, 0.5) is 0 Å². The average Bonchev–Trinajstić information content (AvgIpc) is 3.22. The molecule has 7 nitrogen and oxygen atoms in total. The highest BCUT2D eigenvalue weighted by atomic mass is 35.5. The summed E-state index contributed by atoms with van der Waals surface area (Å²) in [5.41, 5.74) is 0.366. The highest BCUT2D eigenvalue weighted by molar-refractivity contribution is 5.85. The van der Waals surface area contributed by atoms with Gasteiger partial charge in [0.25, 0.3) is 0 Å². The smallest absolute Gasteiger partial charge is 0.248 e. The van der Waals surface area contributed by atoms with Gasteiger partial charge in [-0.25, -0.2) is 0 Å². The molecule has 0 radical (unpaired) electrons. The molecule has 3 heterocycles. The van der Waals surface area contributed by atoms with Gasteiger partial charge >= 0.3 is 0 Å². The highest BCUT2D eigenvalue weighted by Crippen LogP contribution is 2.31. The third kappa shape index (κ3) is 3.50. The number of piperidine rings is 1. The molecule has 0 spiro atoms. The van der Waals surface area contributed by atoms with Crippen molar-refractivity contribution in [2.45, 2.75) is 24.9 Å². The molecule has 2 aliphatic rings. The summed E-state index contributed by atoms with van der Waals surface area (Å²) < 4.78 is 12.9. The summed E-state index contributed by atoms with van der Waals surface area (Å²) in [7, 11) is 0. The molecule has 4 rings (SSSR count). The number of benzene rings is 1. The summed E-state index contributed by atoms with van der Waals surface area (Å²) in [5, 5.41) is 10.7. The first kappa shape index (κ1) is 18.5. The van der Waals surface area contributed by atoms with Crippen molar-refractivity contribution in [3.63, 3.8) is 0 Å². The van der Waals surface area contributed by atoms with E-state index in [1.54, 1.807) is 10.9 Å². The Hall–Kier alpha value is -2.25. The molecule has 1 saturated heterocycles. The van der Waals surface area contributed by atoms with E-state index in [0.29, 0.717) is 19.8 Å². The molecule has 1 amide bonds. The van der Waals surface area contributed by atoms with Crippen molar-refractivity contribution < 1.29 is 14.3 Å². The number of fused-ring (bicyclic) bond motifs is 1. The van der Waals surface area contributed by atoms with Crippen molar-refractivity contribution >= 4 is 18.3 Å². The molecule has 0 atom stereocenters. The molecule has 1 fully saturated rings. The van der Waals surface area contributed by atoms with E-state index in [1.807, 2.05) is 30.5 Å². The van der Waals surface area contributed by atoms with Crippen LogP contribution in [0.3, 0.4) is 0 Å². The highest BCUT2D eigenvalue weighted by Gasteiger charge is 2.41. The summed E-state index contributed by atoms with van der Waals surface area (Å²) in [4.78, 5) is 13.0. The number of nitrogens with one attached hydrogen (secondary N) is 2. The van der Waals surface area contributed by atoms with Crippen molar-refractivity contribution in [2.75, 3.05) is 26.3 Å². The summed E-state index contributed by atoms with van der Waals surface area (Å²) in [6, 6.07) is 7.64. The van der Waals surface area contributed by atoms with Crippen LogP contribution in [-0.2, 0) is 16.9 Å². The molecule has 2 aromatic rings. The van der Waals surface area contributed by atoms with Gasteiger partial charge in [-0.05, 0) is 49.7 Å². The predicted molar refractivity (Wildman–Crippen MR) is 98.8 cm³/mol. The lowest BCUT2D eigenvalue weighted by molar-refractivity contribution is -0.132. The SMILES string of the molecule is Cl.O=C(NCc1ccc2c(c1)OCCO2)C1(n2cccn2)CCNCC1. The first-order valence-corrected chi connectivity index (χ1v) is 8.66. The normalized spacial score (nSPS) is 17.8. The summed E-state index contributed by atoms with van der Waals surface area (Å²) in [6.07, 6.45) is 5.04. The lowest BCUT2D eigenvalue weighted by Crippen LogP contribution is -2.54. The van der Waals surface area contributed by atoms with Gasteiger partial charge in [0.2, 0.25) is 5.91 Å². The molecule has 0 saturated carbocycles. The zero-order valence-electron chi connectivity index (χ0n) is 14.4. The Morgan fingerprint density at radius 3 is 2.73 bits per heavy atom. The Morgan fingerprint density at radius 2 is 2.00 bits per heavy atom. The van der Waals surface area contributed by atoms with E-state index in [4.69, 9.17) is 9.47 Å². The third-order valence-electron chi connectivity index (χ3n) is 4.86. The molecule has 140 valence electrons. The number of hydrogen-bond donors (Lipinski definition) is 2.